The fourth-order valence-corrected chi connectivity index (χ4v) is 1.04. The third-order valence-electron chi connectivity index (χ3n) is 1.49. The van der Waals surface area contributed by atoms with Gasteiger partial charge in [0.05, 0.1) is 0 Å². The van der Waals surface area contributed by atoms with Gasteiger partial charge in [0.25, 0.3) is 0 Å². The summed E-state index contributed by atoms with van der Waals surface area (Å²) >= 11 is 0. The van der Waals surface area contributed by atoms with Crippen LogP contribution in [0, 0.1) is 0 Å². The summed E-state index contributed by atoms with van der Waals surface area (Å²) in [6.45, 7) is 2.36. The zero-order valence-corrected chi connectivity index (χ0v) is 6.65. The van der Waals surface area contributed by atoms with E-state index >= 15 is 0 Å². The second kappa shape index (κ2) is 3.20. The van der Waals surface area contributed by atoms with Gasteiger partial charge in [-0.15, -0.1) is 0 Å². The molecule has 0 saturated carbocycles. The number of alkyl halides is 3. The standard InChI is InChI=1S/C6H10F3N3/c1-2-3-12-4-10-11-5(12)6(7,8)9/h10H,2-4H2,1H3. The Hall–Kier alpha value is -0.940. The summed E-state index contributed by atoms with van der Waals surface area (Å²) in [5.74, 6) is -0.815. The van der Waals surface area contributed by atoms with Crippen LogP contribution < -0.4 is 5.43 Å². The van der Waals surface area contributed by atoms with Gasteiger partial charge in [0.15, 0.2) is 0 Å². The maximum Gasteiger partial charge on any atom is 0.451 e. The molecule has 0 spiro atoms. The van der Waals surface area contributed by atoms with E-state index in [1.807, 2.05) is 6.92 Å². The van der Waals surface area contributed by atoms with Crippen LogP contribution in [0.5, 0.6) is 0 Å². The third kappa shape index (κ3) is 1.80. The highest BCUT2D eigenvalue weighted by molar-refractivity contribution is 5.88. The average Bonchev–Trinajstić information content (AvgIpc) is 2.34. The summed E-state index contributed by atoms with van der Waals surface area (Å²) in [5, 5.41) is 3.17. The van der Waals surface area contributed by atoms with Gasteiger partial charge < -0.3 is 4.90 Å². The van der Waals surface area contributed by atoms with Gasteiger partial charge in [0, 0.05) is 6.54 Å². The van der Waals surface area contributed by atoms with Gasteiger partial charge in [-0.05, 0) is 6.42 Å². The Morgan fingerprint density at radius 2 is 2.25 bits per heavy atom. The van der Waals surface area contributed by atoms with Crippen LogP contribution >= 0.6 is 0 Å². The van der Waals surface area contributed by atoms with Crippen molar-refractivity contribution in [3.63, 3.8) is 0 Å². The van der Waals surface area contributed by atoms with E-state index in [0.717, 1.165) is 0 Å². The van der Waals surface area contributed by atoms with E-state index in [-0.39, 0.29) is 6.67 Å². The molecule has 0 amide bonds. The zero-order valence-electron chi connectivity index (χ0n) is 6.65. The summed E-state index contributed by atoms with van der Waals surface area (Å²) in [7, 11) is 0. The summed E-state index contributed by atoms with van der Waals surface area (Å²) in [6, 6.07) is 0. The maximum absolute atomic E-state index is 12.1. The van der Waals surface area contributed by atoms with Gasteiger partial charge in [-0.1, -0.05) is 6.92 Å². The predicted octanol–water partition coefficient (Wildman–Crippen LogP) is 1.13. The number of hydrogen-bond donors (Lipinski definition) is 1. The molecule has 1 N–H and O–H groups in total. The van der Waals surface area contributed by atoms with Gasteiger partial charge in [0.2, 0.25) is 5.84 Å². The minimum Gasteiger partial charge on any atom is -0.332 e. The Morgan fingerprint density at radius 1 is 1.58 bits per heavy atom. The highest BCUT2D eigenvalue weighted by Crippen LogP contribution is 2.21. The van der Waals surface area contributed by atoms with E-state index in [1.54, 1.807) is 0 Å². The smallest absolute Gasteiger partial charge is 0.332 e. The average molecular weight is 181 g/mol. The normalized spacial score (nSPS) is 17.7. The van der Waals surface area contributed by atoms with Crippen LogP contribution in [0.25, 0.3) is 0 Å². The van der Waals surface area contributed by atoms with Gasteiger partial charge in [0.1, 0.15) is 6.67 Å². The molecule has 3 nitrogen and oxygen atoms in total. The molecule has 0 aromatic rings. The summed E-state index contributed by atoms with van der Waals surface area (Å²) in [4.78, 5) is 1.18. The number of rotatable bonds is 2. The van der Waals surface area contributed by atoms with E-state index in [9.17, 15) is 13.2 Å². The van der Waals surface area contributed by atoms with Crippen LogP contribution in [-0.2, 0) is 0 Å². The first-order chi connectivity index (χ1) is 5.55. The monoisotopic (exact) mass is 181 g/mol. The molecule has 0 unspecified atom stereocenters. The van der Waals surface area contributed by atoms with Crippen molar-refractivity contribution in [3.8, 4) is 0 Å². The molecule has 6 heteroatoms. The van der Waals surface area contributed by atoms with Crippen LogP contribution in [0.15, 0.2) is 5.10 Å². The molecule has 70 valence electrons. The van der Waals surface area contributed by atoms with Crippen LogP contribution in [0.1, 0.15) is 13.3 Å². The van der Waals surface area contributed by atoms with E-state index < -0.39 is 12.0 Å². The number of halogens is 3. The van der Waals surface area contributed by atoms with Crippen LogP contribution in [-0.4, -0.2) is 30.1 Å². The summed E-state index contributed by atoms with van der Waals surface area (Å²) in [5.41, 5.74) is 2.31. The fraction of sp³-hybridized carbons (Fsp3) is 0.833. The molecule has 1 heterocycles. The molecular weight excluding hydrogens is 171 g/mol. The number of hydrazone groups is 1. The SMILES string of the molecule is CCCN1CNN=C1C(F)(F)F. The first-order valence-corrected chi connectivity index (χ1v) is 3.68. The van der Waals surface area contributed by atoms with Crippen molar-refractivity contribution >= 4 is 5.84 Å². The molecule has 0 fully saturated rings. The molecule has 1 aliphatic heterocycles. The molecule has 0 atom stereocenters. The van der Waals surface area contributed by atoms with Gasteiger partial charge >= 0.3 is 6.18 Å². The molecule has 0 radical (unpaired) electrons. The topological polar surface area (TPSA) is 27.6 Å². The Morgan fingerprint density at radius 3 is 2.75 bits per heavy atom. The van der Waals surface area contributed by atoms with Crippen molar-refractivity contribution < 1.29 is 13.2 Å². The van der Waals surface area contributed by atoms with Gasteiger partial charge in [-0.3, -0.25) is 5.43 Å². The van der Waals surface area contributed by atoms with E-state index in [2.05, 4.69) is 10.5 Å². The van der Waals surface area contributed by atoms with E-state index in [1.165, 1.54) is 4.90 Å². The molecular formula is C6H10F3N3. The molecule has 0 aliphatic carbocycles. The third-order valence-corrected chi connectivity index (χ3v) is 1.49. The Balaban J connectivity index is 2.63. The van der Waals surface area contributed by atoms with Crippen molar-refractivity contribution in [1.29, 1.82) is 0 Å². The fourth-order valence-electron chi connectivity index (χ4n) is 1.04. The van der Waals surface area contributed by atoms with Gasteiger partial charge in [-0.25, -0.2) is 0 Å². The zero-order chi connectivity index (χ0) is 9.19. The highest BCUT2D eigenvalue weighted by atomic mass is 19.4. The Labute approximate surface area is 68.2 Å². The first-order valence-electron chi connectivity index (χ1n) is 3.68. The van der Waals surface area contributed by atoms with Crippen LogP contribution in [0.3, 0.4) is 0 Å². The molecule has 0 bridgehead atoms. The number of hydrogen-bond acceptors (Lipinski definition) is 3. The van der Waals surface area contributed by atoms with E-state index in [4.69, 9.17) is 0 Å². The molecule has 1 aliphatic rings. The van der Waals surface area contributed by atoms with E-state index in [0.29, 0.717) is 13.0 Å². The minimum atomic E-state index is -4.33. The largest absolute Gasteiger partial charge is 0.451 e. The quantitative estimate of drug-likeness (QED) is 0.691. The Kier molecular flexibility index (Phi) is 2.44. The van der Waals surface area contributed by atoms with Crippen molar-refractivity contribution in [2.24, 2.45) is 5.10 Å². The lowest BCUT2D eigenvalue weighted by atomic mass is 10.4. The van der Waals surface area contributed by atoms with Crippen LogP contribution in [0.2, 0.25) is 0 Å². The second-order valence-corrected chi connectivity index (χ2v) is 2.51. The lowest BCUT2D eigenvalue weighted by Crippen LogP contribution is -2.39. The number of nitrogens with zero attached hydrogens (tertiary/aromatic N) is 2. The lowest BCUT2D eigenvalue weighted by Gasteiger charge is -2.19. The summed E-state index contributed by atoms with van der Waals surface area (Å²) in [6.07, 6.45) is -3.66. The molecule has 0 aromatic carbocycles. The predicted molar refractivity (Wildman–Crippen MR) is 38.5 cm³/mol. The Bertz CT molecular complexity index is 187. The number of amidine groups is 1. The summed E-state index contributed by atoms with van der Waals surface area (Å²) < 4.78 is 36.4. The molecule has 0 saturated heterocycles. The molecule has 0 aromatic heterocycles. The lowest BCUT2D eigenvalue weighted by molar-refractivity contribution is -0.0672. The van der Waals surface area contributed by atoms with Crippen molar-refractivity contribution in [2.75, 3.05) is 13.2 Å². The maximum atomic E-state index is 12.1. The van der Waals surface area contributed by atoms with Crippen molar-refractivity contribution in [2.45, 2.75) is 19.5 Å². The molecule has 12 heavy (non-hydrogen) atoms. The first kappa shape index (κ1) is 9.15. The van der Waals surface area contributed by atoms with Crippen molar-refractivity contribution in [3.05, 3.63) is 0 Å². The number of nitrogens with one attached hydrogen (secondary N) is 1. The second-order valence-electron chi connectivity index (χ2n) is 2.51. The van der Waals surface area contributed by atoms with Gasteiger partial charge in [-0.2, -0.15) is 18.3 Å². The minimum absolute atomic E-state index is 0.155. The van der Waals surface area contributed by atoms with Crippen molar-refractivity contribution in [1.82, 2.24) is 10.3 Å². The van der Waals surface area contributed by atoms with Crippen LogP contribution in [0.4, 0.5) is 13.2 Å². The molecule has 1 rings (SSSR count). The highest BCUT2D eigenvalue weighted by Gasteiger charge is 2.41.